The third-order valence-corrected chi connectivity index (χ3v) is 4.94. The number of aromatic nitrogens is 2. The molecule has 6 nitrogen and oxygen atoms in total. The van der Waals surface area contributed by atoms with E-state index in [0.717, 1.165) is 29.5 Å². The largest absolute Gasteiger partial charge is 0.378 e. The van der Waals surface area contributed by atoms with Crippen LogP contribution in [0.3, 0.4) is 0 Å². The van der Waals surface area contributed by atoms with Gasteiger partial charge >= 0.3 is 0 Å². The monoisotopic (exact) mass is 332 g/mol. The molecule has 1 amide bonds. The maximum atomic E-state index is 12.5. The molecule has 1 N–H and O–H groups in total. The molecule has 2 aromatic rings. The molecule has 7 heteroatoms. The quantitative estimate of drug-likeness (QED) is 0.932. The summed E-state index contributed by atoms with van der Waals surface area (Å²) in [7, 11) is 0. The average Bonchev–Trinajstić information content (AvgIpc) is 3.07. The minimum absolute atomic E-state index is 0.142. The smallest absolute Gasteiger partial charge is 0.267 e. The van der Waals surface area contributed by atoms with Crippen molar-refractivity contribution in [3.05, 3.63) is 34.5 Å². The van der Waals surface area contributed by atoms with Crippen molar-refractivity contribution in [1.82, 2.24) is 9.97 Å². The van der Waals surface area contributed by atoms with Crippen molar-refractivity contribution in [2.24, 2.45) is 0 Å². The predicted octanol–water partition coefficient (Wildman–Crippen LogP) is 2.75. The van der Waals surface area contributed by atoms with E-state index < -0.39 is 0 Å². The zero-order valence-electron chi connectivity index (χ0n) is 13.3. The number of ether oxygens (including phenoxy) is 1. The van der Waals surface area contributed by atoms with Crippen molar-refractivity contribution < 1.29 is 9.53 Å². The van der Waals surface area contributed by atoms with E-state index in [4.69, 9.17) is 4.74 Å². The molecule has 3 heterocycles. The number of anilines is 2. The van der Waals surface area contributed by atoms with E-state index in [9.17, 15) is 4.79 Å². The highest BCUT2D eigenvalue weighted by Crippen LogP contribution is 2.27. The number of carbonyl (C=O) groups excluding carboxylic acids is 1. The standard InChI is InChI=1S/C16H20N4O2S/c1-11(2)16-18-10-14(23-16)15(21)19-12-9-17-4-3-13(12)20-5-7-22-8-6-20/h3-4,9-11H,5-8H2,1-2H3,(H,19,21). The fraction of sp³-hybridized carbons (Fsp3) is 0.438. The molecular weight excluding hydrogens is 312 g/mol. The summed E-state index contributed by atoms with van der Waals surface area (Å²) in [5.74, 6) is 0.181. The maximum absolute atomic E-state index is 12.5. The number of pyridine rings is 1. The number of carbonyl (C=O) groups is 1. The highest BCUT2D eigenvalue weighted by atomic mass is 32.1. The van der Waals surface area contributed by atoms with E-state index >= 15 is 0 Å². The first-order valence-electron chi connectivity index (χ1n) is 7.69. The molecule has 0 aliphatic carbocycles. The highest BCUT2D eigenvalue weighted by Gasteiger charge is 2.18. The third-order valence-electron chi connectivity index (χ3n) is 3.64. The molecule has 3 rings (SSSR count). The Morgan fingerprint density at radius 2 is 2.13 bits per heavy atom. The van der Waals surface area contributed by atoms with E-state index in [-0.39, 0.29) is 5.91 Å². The van der Waals surface area contributed by atoms with Crippen LogP contribution in [0.25, 0.3) is 0 Å². The molecule has 0 spiro atoms. The number of amides is 1. The van der Waals surface area contributed by atoms with E-state index in [1.165, 1.54) is 11.3 Å². The van der Waals surface area contributed by atoms with Gasteiger partial charge in [0, 0.05) is 25.2 Å². The second-order valence-corrected chi connectivity index (χ2v) is 6.73. The number of thiazole rings is 1. The van der Waals surface area contributed by atoms with Crippen molar-refractivity contribution >= 4 is 28.6 Å². The van der Waals surface area contributed by atoms with E-state index in [1.54, 1.807) is 18.6 Å². The first-order valence-corrected chi connectivity index (χ1v) is 8.50. The van der Waals surface area contributed by atoms with Crippen LogP contribution >= 0.6 is 11.3 Å². The Morgan fingerprint density at radius 3 is 2.83 bits per heavy atom. The molecule has 1 saturated heterocycles. The van der Waals surface area contributed by atoms with Gasteiger partial charge in [0.15, 0.2) is 0 Å². The number of nitrogens with zero attached hydrogens (tertiary/aromatic N) is 3. The van der Waals surface area contributed by atoms with Crippen LogP contribution in [0.4, 0.5) is 11.4 Å². The first-order chi connectivity index (χ1) is 11.1. The van der Waals surface area contributed by atoms with E-state index in [0.29, 0.717) is 24.0 Å². The summed E-state index contributed by atoms with van der Waals surface area (Å²) in [6, 6.07) is 1.92. The van der Waals surface area contributed by atoms with Crippen molar-refractivity contribution in [3.63, 3.8) is 0 Å². The van der Waals surface area contributed by atoms with Gasteiger partial charge in [-0.25, -0.2) is 4.98 Å². The number of hydrogen-bond donors (Lipinski definition) is 1. The zero-order valence-corrected chi connectivity index (χ0v) is 14.1. The Labute approximate surface area is 139 Å². The topological polar surface area (TPSA) is 67.4 Å². The zero-order chi connectivity index (χ0) is 16.2. The lowest BCUT2D eigenvalue weighted by Crippen LogP contribution is -2.36. The van der Waals surface area contributed by atoms with Gasteiger partial charge in [0.25, 0.3) is 5.91 Å². The van der Waals surface area contributed by atoms with Crippen molar-refractivity contribution in [2.45, 2.75) is 19.8 Å². The van der Waals surface area contributed by atoms with Crippen LogP contribution < -0.4 is 10.2 Å². The molecule has 1 fully saturated rings. The van der Waals surface area contributed by atoms with Crippen molar-refractivity contribution in [1.29, 1.82) is 0 Å². The molecule has 122 valence electrons. The van der Waals surface area contributed by atoms with Gasteiger partial charge in [-0.05, 0) is 6.07 Å². The summed E-state index contributed by atoms with van der Waals surface area (Å²) in [4.78, 5) is 23.7. The van der Waals surface area contributed by atoms with E-state index in [2.05, 4.69) is 34.0 Å². The van der Waals surface area contributed by atoms with Crippen LogP contribution in [0.15, 0.2) is 24.7 Å². The lowest BCUT2D eigenvalue weighted by atomic mass is 10.2. The third kappa shape index (κ3) is 3.68. The van der Waals surface area contributed by atoms with E-state index in [1.807, 2.05) is 6.07 Å². The second-order valence-electron chi connectivity index (χ2n) is 5.66. The van der Waals surface area contributed by atoms with Crippen LogP contribution in [-0.2, 0) is 4.74 Å². The van der Waals surface area contributed by atoms with Crippen molar-refractivity contribution in [3.8, 4) is 0 Å². The minimum Gasteiger partial charge on any atom is -0.378 e. The Hall–Kier alpha value is -1.99. The van der Waals surface area contributed by atoms with Gasteiger partial charge in [-0.15, -0.1) is 11.3 Å². The van der Waals surface area contributed by atoms with Crippen LogP contribution in [0.2, 0.25) is 0 Å². The van der Waals surface area contributed by atoms with Crippen LogP contribution in [-0.4, -0.2) is 42.2 Å². The number of rotatable bonds is 4. The average molecular weight is 332 g/mol. The fourth-order valence-electron chi connectivity index (χ4n) is 2.41. The van der Waals surface area contributed by atoms with Crippen LogP contribution in [0.1, 0.15) is 34.4 Å². The molecule has 0 atom stereocenters. The molecule has 0 bridgehead atoms. The Balaban J connectivity index is 1.77. The molecular formula is C16H20N4O2S. The summed E-state index contributed by atoms with van der Waals surface area (Å²) >= 11 is 1.43. The van der Waals surface area contributed by atoms with Gasteiger partial charge < -0.3 is 15.0 Å². The Bertz CT molecular complexity index is 680. The molecule has 0 aromatic carbocycles. The number of morpholine rings is 1. The molecule has 0 radical (unpaired) electrons. The highest BCUT2D eigenvalue weighted by molar-refractivity contribution is 7.13. The summed E-state index contributed by atoms with van der Waals surface area (Å²) in [6.45, 7) is 7.15. The first kappa shape index (κ1) is 15.9. The van der Waals surface area contributed by atoms with Crippen LogP contribution in [0.5, 0.6) is 0 Å². The summed E-state index contributed by atoms with van der Waals surface area (Å²) in [5, 5.41) is 3.93. The van der Waals surface area contributed by atoms with Gasteiger partial charge in [0.2, 0.25) is 0 Å². The SMILES string of the molecule is CC(C)c1ncc(C(=O)Nc2cnccc2N2CCOCC2)s1. The van der Waals surface area contributed by atoms with Gasteiger partial charge in [-0.2, -0.15) is 0 Å². The minimum atomic E-state index is -0.142. The van der Waals surface area contributed by atoms with Gasteiger partial charge in [0.05, 0.1) is 42.0 Å². The van der Waals surface area contributed by atoms with Crippen LogP contribution in [0, 0.1) is 0 Å². The Kier molecular flexibility index (Phi) is 4.88. The van der Waals surface area contributed by atoms with Gasteiger partial charge in [-0.1, -0.05) is 13.8 Å². The maximum Gasteiger partial charge on any atom is 0.267 e. The van der Waals surface area contributed by atoms with Gasteiger partial charge in [-0.3, -0.25) is 9.78 Å². The fourth-order valence-corrected chi connectivity index (χ4v) is 3.22. The molecule has 1 aliphatic heterocycles. The normalized spacial score (nSPS) is 15.0. The molecule has 23 heavy (non-hydrogen) atoms. The lowest BCUT2D eigenvalue weighted by molar-refractivity contribution is 0.103. The van der Waals surface area contributed by atoms with Crippen molar-refractivity contribution in [2.75, 3.05) is 36.5 Å². The molecule has 1 aliphatic rings. The van der Waals surface area contributed by atoms with Gasteiger partial charge in [0.1, 0.15) is 4.88 Å². The lowest BCUT2D eigenvalue weighted by Gasteiger charge is -2.30. The Morgan fingerprint density at radius 1 is 1.35 bits per heavy atom. The summed E-state index contributed by atoms with van der Waals surface area (Å²) in [6.07, 6.45) is 5.07. The summed E-state index contributed by atoms with van der Waals surface area (Å²) in [5.41, 5.74) is 1.70. The number of hydrogen-bond acceptors (Lipinski definition) is 6. The summed E-state index contributed by atoms with van der Waals surface area (Å²) < 4.78 is 5.39. The molecule has 0 saturated carbocycles. The predicted molar refractivity (Wildman–Crippen MR) is 91.4 cm³/mol. The molecule has 0 unspecified atom stereocenters. The second kappa shape index (κ2) is 7.06. The number of nitrogens with one attached hydrogen (secondary N) is 1. The molecule has 2 aromatic heterocycles.